The van der Waals surface area contributed by atoms with Gasteiger partial charge in [-0.25, -0.2) is 9.97 Å². The van der Waals surface area contributed by atoms with Crippen molar-refractivity contribution in [1.29, 1.82) is 5.26 Å². The first-order valence-electron chi connectivity index (χ1n) is 9.35. The molecule has 0 radical (unpaired) electrons. The molecule has 2 N–H and O–H groups in total. The van der Waals surface area contributed by atoms with Crippen LogP contribution in [-0.2, 0) is 11.8 Å². The fourth-order valence-electron chi connectivity index (χ4n) is 3.62. The first-order chi connectivity index (χ1) is 14.1. The first-order valence-corrected chi connectivity index (χ1v) is 9.35. The number of fused-ring (bicyclic) bond motifs is 1. The number of pyridine rings is 1. The maximum absolute atomic E-state index is 9.84. The molecule has 0 saturated carbocycles. The Kier molecular flexibility index (Phi) is 4.87. The molecule has 3 aromatic rings. The van der Waals surface area contributed by atoms with E-state index in [4.69, 9.17) is 10.00 Å². The van der Waals surface area contributed by atoms with Crippen molar-refractivity contribution in [1.82, 2.24) is 15.0 Å². The normalized spacial score (nSPS) is 17.4. The van der Waals surface area contributed by atoms with E-state index in [0.717, 1.165) is 35.4 Å². The summed E-state index contributed by atoms with van der Waals surface area (Å²) in [7, 11) is 1.57. The highest BCUT2D eigenvalue weighted by atomic mass is 16.5. The minimum absolute atomic E-state index is 0.0940. The second-order valence-corrected chi connectivity index (χ2v) is 7.35. The van der Waals surface area contributed by atoms with E-state index in [1.165, 1.54) is 0 Å². The van der Waals surface area contributed by atoms with Crippen LogP contribution in [0.15, 0.2) is 42.7 Å². The summed E-state index contributed by atoms with van der Waals surface area (Å²) in [6.45, 7) is 2.16. The van der Waals surface area contributed by atoms with E-state index in [0.29, 0.717) is 22.9 Å². The van der Waals surface area contributed by atoms with Crippen molar-refractivity contribution in [3.8, 4) is 23.1 Å². The van der Waals surface area contributed by atoms with Gasteiger partial charge >= 0.3 is 0 Å². The van der Waals surface area contributed by atoms with E-state index < -0.39 is 0 Å². The largest absolute Gasteiger partial charge is 0.495 e. The lowest BCUT2D eigenvalue weighted by molar-refractivity contribution is 0.206. The third-order valence-corrected chi connectivity index (χ3v) is 5.41. The van der Waals surface area contributed by atoms with Gasteiger partial charge in [0.2, 0.25) is 5.95 Å². The van der Waals surface area contributed by atoms with E-state index >= 15 is 0 Å². The Morgan fingerprint density at radius 2 is 2.14 bits per heavy atom. The molecule has 0 saturated heterocycles. The average Bonchev–Trinajstić information content (AvgIpc) is 3.10. The quantitative estimate of drug-likeness (QED) is 0.692. The van der Waals surface area contributed by atoms with Gasteiger partial charge in [-0.3, -0.25) is 4.98 Å². The number of rotatable bonds is 5. The molecule has 1 atom stereocenters. The number of aliphatic hydroxyl groups is 1. The molecule has 29 heavy (non-hydrogen) atoms. The molecule has 1 aromatic carbocycles. The van der Waals surface area contributed by atoms with Gasteiger partial charge in [0.05, 0.1) is 36.7 Å². The zero-order valence-corrected chi connectivity index (χ0v) is 16.3. The minimum Gasteiger partial charge on any atom is -0.495 e. The molecule has 146 valence electrons. The van der Waals surface area contributed by atoms with E-state index in [1.807, 2.05) is 12.3 Å². The number of hydrogen-bond donors (Lipinski definition) is 2. The predicted octanol–water partition coefficient (Wildman–Crippen LogP) is 3.36. The van der Waals surface area contributed by atoms with Crippen molar-refractivity contribution in [3.05, 3.63) is 59.5 Å². The van der Waals surface area contributed by atoms with Crippen LogP contribution in [0.3, 0.4) is 0 Å². The van der Waals surface area contributed by atoms with Crippen molar-refractivity contribution in [2.45, 2.75) is 25.2 Å². The molecule has 4 rings (SSSR count). The summed E-state index contributed by atoms with van der Waals surface area (Å²) >= 11 is 0. The SMILES string of the molecule is COc1ccc(C#N)cc1Nc1nccc(-c2cnc3c(c2)C(C)(CO)CC3)n1. The molecule has 0 bridgehead atoms. The van der Waals surface area contributed by atoms with Gasteiger partial charge < -0.3 is 15.2 Å². The number of benzene rings is 1. The van der Waals surface area contributed by atoms with E-state index in [-0.39, 0.29) is 12.0 Å². The summed E-state index contributed by atoms with van der Waals surface area (Å²) in [6, 6.07) is 11.1. The Hall–Kier alpha value is -3.50. The molecule has 1 aliphatic carbocycles. The van der Waals surface area contributed by atoms with E-state index in [9.17, 15) is 5.11 Å². The molecule has 2 heterocycles. The van der Waals surface area contributed by atoms with Crippen LogP contribution in [0.1, 0.15) is 30.2 Å². The lowest BCUT2D eigenvalue weighted by Crippen LogP contribution is -2.23. The van der Waals surface area contributed by atoms with Crippen LogP contribution in [0.2, 0.25) is 0 Å². The fourth-order valence-corrected chi connectivity index (χ4v) is 3.62. The molecule has 7 nitrogen and oxygen atoms in total. The van der Waals surface area contributed by atoms with Gasteiger partial charge in [0.1, 0.15) is 5.75 Å². The van der Waals surface area contributed by atoms with Crippen molar-refractivity contribution >= 4 is 11.6 Å². The Morgan fingerprint density at radius 3 is 2.90 bits per heavy atom. The third-order valence-electron chi connectivity index (χ3n) is 5.41. The van der Waals surface area contributed by atoms with Crippen molar-refractivity contribution < 1.29 is 9.84 Å². The van der Waals surface area contributed by atoms with Crippen LogP contribution in [0.5, 0.6) is 5.75 Å². The number of methoxy groups -OCH3 is 1. The molecule has 1 unspecified atom stereocenters. The monoisotopic (exact) mass is 387 g/mol. The van der Waals surface area contributed by atoms with Crippen molar-refractivity contribution in [3.63, 3.8) is 0 Å². The number of ether oxygens (including phenoxy) is 1. The summed E-state index contributed by atoms with van der Waals surface area (Å²) in [4.78, 5) is 13.5. The molecule has 0 amide bonds. The zero-order valence-electron chi connectivity index (χ0n) is 16.3. The number of aromatic nitrogens is 3. The average molecular weight is 387 g/mol. The zero-order chi connectivity index (χ0) is 20.4. The number of nitrogens with one attached hydrogen (secondary N) is 1. The standard InChI is InChI=1S/C22H21N5O2/c1-22(13-28)7-5-18-16(22)10-15(12-25-18)17-6-8-24-21(26-17)27-19-9-14(11-23)3-4-20(19)29-2/h3-4,6,8-10,12,28H,5,7,13H2,1-2H3,(H,24,26,27). The van der Waals surface area contributed by atoms with Crippen LogP contribution < -0.4 is 10.1 Å². The molecule has 2 aromatic heterocycles. The maximum atomic E-state index is 9.84. The van der Waals surface area contributed by atoms with Gasteiger partial charge in [-0.2, -0.15) is 5.26 Å². The number of nitrogens with zero attached hydrogens (tertiary/aromatic N) is 4. The Labute approximate surface area is 169 Å². The van der Waals surface area contributed by atoms with Crippen molar-refractivity contribution in [2.24, 2.45) is 0 Å². The lowest BCUT2D eigenvalue weighted by atomic mass is 9.85. The fraction of sp³-hybridized carbons (Fsp3) is 0.273. The number of nitriles is 1. The maximum Gasteiger partial charge on any atom is 0.227 e. The van der Waals surface area contributed by atoms with Gasteiger partial charge in [-0.05, 0) is 48.7 Å². The molecule has 0 aliphatic heterocycles. The van der Waals surface area contributed by atoms with Crippen LogP contribution >= 0.6 is 0 Å². The summed E-state index contributed by atoms with van der Waals surface area (Å²) in [5.41, 5.74) is 4.57. The number of anilines is 2. The van der Waals surface area contributed by atoms with Crippen LogP contribution in [0, 0.1) is 11.3 Å². The third kappa shape index (κ3) is 3.50. The Balaban J connectivity index is 1.68. The van der Waals surface area contributed by atoms with E-state index in [1.54, 1.807) is 31.5 Å². The second-order valence-electron chi connectivity index (χ2n) is 7.35. The Bertz CT molecular complexity index is 1110. The van der Waals surface area contributed by atoms with Gasteiger partial charge in [0.15, 0.2) is 0 Å². The predicted molar refractivity (Wildman–Crippen MR) is 109 cm³/mol. The minimum atomic E-state index is -0.266. The smallest absolute Gasteiger partial charge is 0.227 e. The highest BCUT2D eigenvalue weighted by Crippen LogP contribution is 2.39. The van der Waals surface area contributed by atoms with E-state index in [2.05, 4.69) is 39.3 Å². The van der Waals surface area contributed by atoms with Crippen LogP contribution in [0.25, 0.3) is 11.3 Å². The summed E-state index contributed by atoms with van der Waals surface area (Å²) < 4.78 is 5.36. The molecular formula is C22H21N5O2. The number of hydrogen-bond acceptors (Lipinski definition) is 7. The highest BCUT2D eigenvalue weighted by Gasteiger charge is 2.34. The number of aryl methyl sites for hydroxylation is 1. The van der Waals surface area contributed by atoms with Gasteiger partial charge in [0, 0.05) is 29.1 Å². The van der Waals surface area contributed by atoms with Gasteiger partial charge in [-0.15, -0.1) is 0 Å². The summed E-state index contributed by atoms with van der Waals surface area (Å²) in [5.74, 6) is 0.984. The number of aliphatic hydroxyl groups excluding tert-OH is 1. The summed E-state index contributed by atoms with van der Waals surface area (Å²) in [6.07, 6.45) is 5.24. The topological polar surface area (TPSA) is 104 Å². The molecule has 1 aliphatic rings. The first kappa shape index (κ1) is 18.8. The van der Waals surface area contributed by atoms with Crippen molar-refractivity contribution in [2.75, 3.05) is 19.0 Å². The lowest BCUT2D eigenvalue weighted by Gasteiger charge is -2.22. The van der Waals surface area contributed by atoms with Gasteiger partial charge in [-0.1, -0.05) is 6.92 Å². The Morgan fingerprint density at radius 1 is 1.28 bits per heavy atom. The second kappa shape index (κ2) is 7.49. The summed E-state index contributed by atoms with van der Waals surface area (Å²) in [5, 5.41) is 22.1. The highest BCUT2D eigenvalue weighted by molar-refractivity contribution is 5.67. The molecular weight excluding hydrogens is 366 g/mol. The van der Waals surface area contributed by atoms with Crippen LogP contribution in [-0.4, -0.2) is 33.8 Å². The van der Waals surface area contributed by atoms with Crippen LogP contribution in [0.4, 0.5) is 11.6 Å². The molecule has 7 heteroatoms. The molecule has 0 fully saturated rings. The van der Waals surface area contributed by atoms with Gasteiger partial charge in [0.25, 0.3) is 0 Å². The molecule has 0 spiro atoms.